The second-order valence-electron chi connectivity index (χ2n) is 5.89. The van der Waals surface area contributed by atoms with E-state index in [0.717, 1.165) is 30.5 Å². The fourth-order valence-corrected chi connectivity index (χ4v) is 3.27. The Morgan fingerprint density at radius 3 is 2.80 bits per heavy atom. The second kappa shape index (κ2) is 7.33. The Bertz CT molecular complexity index is 433. The molecular formula is C17H27ClN2. The smallest absolute Gasteiger partial charge is 0.0474 e. The van der Waals surface area contributed by atoms with Crippen LogP contribution in [0, 0.1) is 5.92 Å². The highest BCUT2D eigenvalue weighted by atomic mass is 35.5. The quantitative estimate of drug-likeness (QED) is 0.822. The molecule has 2 nitrogen and oxygen atoms in total. The standard InChI is InChI=1S/C17H27ClN2/c1-4-9-19-13(3)16-7-6-15(11-17(16)18)20-10-8-14(5-2)12-20/h6-7,11,13-14,19H,4-5,8-10,12H2,1-3H3. The highest BCUT2D eigenvalue weighted by Crippen LogP contribution is 2.31. The van der Waals surface area contributed by atoms with Crippen molar-refractivity contribution in [1.82, 2.24) is 5.32 Å². The normalized spacial score (nSPS) is 20.4. The molecule has 0 radical (unpaired) electrons. The minimum atomic E-state index is 0.318. The monoisotopic (exact) mass is 294 g/mol. The Morgan fingerprint density at radius 2 is 2.20 bits per heavy atom. The third kappa shape index (κ3) is 3.67. The molecule has 1 heterocycles. The lowest BCUT2D eigenvalue weighted by Crippen LogP contribution is -2.21. The number of benzene rings is 1. The molecule has 1 fully saturated rings. The predicted octanol–water partition coefficient (Wildman–Crippen LogP) is 4.64. The average molecular weight is 295 g/mol. The largest absolute Gasteiger partial charge is 0.371 e. The lowest BCUT2D eigenvalue weighted by Gasteiger charge is -2.21. The molecule has 112 valence electrons. The molecule has 1 saturated heterocycles. The van der Waals surface area contributed by atoms with Crippen molar-refractivity contribution in [2.75, 3.05) is 24.5 Å². The first kappa shape index (κ1) is 15.7. The summed E-state index contributed by atoms with van der Waals surface area (Å²) in [6.45, 7) is 10.0. The summed E-state index contributed by atoms with van der Waals surface area (Å²) in [5.74, 6) is 0.846. The maximum Gasteiger partial charge on any atom is 0.0474 e. The van der Waals surface area contributed by atoms with Gasteiger partial charge in [0.2, 0.25) is 0 Å². The number of hydrogen-bond donors (Lipinski definition) is 1. The zero-order valence-corrected chi connectivity index (χ0v) is 13.7. The van der Waals surface area contributed by atoms with Crippen LogP contribution >= 0.6 is 11.6 Å². The number of halogens is 1. The third-order valence-electron chi connectivity index (χ3n) is 4.38. The van der Waals surface area contributed by atoms with Crippen LogP contribution in [0.4, 0.5) is 5.69 Å². The van der Waals surface area contributed by atoms with Crippen LogP contribution < -0.4 is 10.2 Å². The average Bonchev–Trinajstić information content (AvgIpc) is 2.93. The van der Waals surface area contributed by atoms with Crippen LogP contribution in [0.5, 0.6) is 0 Å². The van der Waals surface area contributed by atoms with Gasteiger partial charge in [-0.15, -0.1) is 0 Å². The Hall–Kier alpha value is -0.730. The number of anilines is 1. The van der Waals surface area contributed by atoms with Crippen molar-refractivity contribution in [3.8, 4) is 0 Å². The van der Waals surface area contributed by atoms with Crippen LogP contribution in [0.2, 0.25) is 5.02 Å². The van der Waals surface area contributed by atoms with Crippen molar-refractivity contribution in [1.29, 1.82) is 0 Å². The molecule has 1 aliphatic rings. The molecule has 2 atom stereocenters. The van der Waals surface area contributed by atoms with Gasteiger partial charge >= 0.3 is 0 Å². The van der Waals surface area contributed by atoms with Gasteiger partial charge in [0.05, 0.1) is 0 Å². The maximum atomic E-state index is 6.49. The summed E-state index contributed by atoms with van der Waals surface area (Å²) < 4.78 is 0. The van der Waals surface area contributed by atoms with Gasteiger partial charge < -0.3 is 10.2 Å². The predicted molar refractivity (Wildman–Crippen MR) is 88.8 cm³/mol. The first-order valence-corrected chi connectivity index (χ1v) is 8.31. The first-order valence-electron chi connectivity index (χ1n) is 7.93. The molecule has 1 aromatic carbocycles. The summed E-state index contributed by atoms with van der Waals surface area (Å²) in [5, 5.41) is 4.38. The summed E-state index contributed by atoms with van der Waals surface area (Å²) in [6.07, 6.45) is 3.73. The zero-order chi connectivity index (χ0) is 14.5. The van der Waals surface area contributed by atoms with E-state index in [1.165, 1.54) is 30.6 Å². The van der Waals surface area contributed by atoms with Crippen LogP contribution in [-0.2, 0) is 0 Å². The molecular weight excluding hydrogens is 268 g/mol. The van der Waals surface area contributed by atoms with E-state index in [2.05, 4.69) is 49.2 Å². The van der Waals surface area contributed by atoms with Crippen LogP contribution in [0.1, 0.15) is 51.6 Å². The highest BCUT2D eigenvalue weighted by molar-refractivity contribution is 6.31. The van der Waals surface area contributed by atoms with Crippen LogP contribution in [0.15, 0.2) is 18.2 Å². The van der Waals surface area contributed by atoms with Gasteiger partial charge in [0.1, 0.15) is 0 Å². The molecule has 3 heteroatoms. The van der Waals surface area contributed by atoms with Gasteiger partial charge in [0.25, 0.3) is 0 Å². The van der Waals surface area contributed by atoms with Gasteiger partial charge in [-0.2, -0.15) is 0 Å². The van der Waals surface area contributed by atoms with Crippen molar-refractivity contribution < 1.29 is 0 Å². The Balaban J connectivity index is 2.06. The Labute approximate surface area is 128 Å². The summed E-state index contributed by atoms with van der Waals surface area (Å²) in [4.78, 5) is 2.47. The van der Waals surface area contributed by atoms with Gasteiger partial charge in [-0.1, -0.05) is 37.9 Å². The van der Waals surface area contributed by atoms with Crippen molar-refractivity contribution in [2.45, 2.75) is 46.1 Å². The lowest BCUT2D eigenvalue weighted by molar-refractivity contribution is 0.568. The van der Waals surface area contributed by atoms with Gasteiger partial charge in [-0.05, 0) is 49.9 Å². The van der Waals surface area contributed by atoms with Crippen molar-refractivity contribution in [3.05, 3.63) is 28.8 Å². The third-order valence-corrected chi connectivity index (χ3v) is 4.71. The van der Waals surface area contributed by atoms with Crippen LogP contribution in [-0.4, -0.2) is 19.6 Å². The van der Waals surface area contributed by atoms with E-state index in [4.69, 9.17) is 11.6 Å². The molecule has 1 aliphatic heterocycles. The molecule has 1 aromatic rings. The highest BCUT2D eigenvalue weighted by Gasteiger charge is 2.21. The minimum absolute atomic E-state index is 0.318. The van der Waals surface area contributed by atoms with Crippen molar-refractivity contribution in [2.24, 2.45) is 5.92 Å². The Kier molecular flexibility index (Phi) is 5.74. The van der Waals surface area contributed by atoms with E-state index in [9.17, 15) is 0 Å². The molecule has 20 heavy (non-hydrogen) atoms. The maximum absolute atomic E-state index is 6.49. The summed E-state index contributed by atoms with van der Waals surface area (Å²) in [7, 11) is 0. The number of rotatable bonds is 6. The Morgan fingerprint density at radius 1 is 1.40 bits per heavy atom. The second-order valence-corrected chi connectivity index (χ2v) is 6.30. The molecule has 0 bridgehead atoms. The number of nitrogens with zero attached hydrogens (tertiary/aromatic N) is 1. The molecule has 1 N–H and O–H groups in total. The first-order chi connectivity index (χ1) is 9.65. The van der Waals surface area contributed by atoms with Gasteiger partial charge in [0.15, 0.2) is 0 Å². The van der Waals surface area contributed by atoms with Gasteiger partial charge in [-0.25, -0.2) is 0 Å². The van der Waals surface area contributed by atoms with E-state index in [0.29, 0.717) is 6.04 Å². The number of hydrogen-bond acceptors (Lipinski definition) is 2. The van der Waals surface area contributed by atoms with Crippen LogP contribution in [0.25, 0.3) is 0 Å². The van der Waals surface area contributed by atoms with E-state index in [-0.39, 0.29) is 0 Å². The van der Waals surface area contributed by atoms with E-state index in [1.54, 1.807) is 0 Å². The lowest BCUT2D eigenvalue weighted by atomic mass is 10.1. The SMILES string of the molecule is CCCNC(C)c1ccc(N2CCC(CC)C2)cc1Cl. The van der Waals surface area contributed by atoms with Crippen LogP contribution in [0.3, 0.4) is 0 Å². The van der Waals surface area contributed by atoms with Crippen molar-refractivity contribution in [3.63, 3.8) is 0 Å². The topological polar surface area (TPSA) is 15.3 Å². The fraction of sp³-hybridized carbons (Fsp3) is 0.647. The molecule has 2 rings (SSSR count). The van der Waals surface area contributed by atoms with E-state index < -0.39 is 0 Å². The molecule has 2 unspecified atom stereocenters. The van der Waals surface area contributed by atoms with E-state index in [1.807, 2.05) is 0 Å². The number of nitrogens with one attached hydrogen (secondary N) is 1. The molecule has 0 aliphatic carbocycles. The fourth-order valence-electron chi connectivity index (χ4n) is 2.94. The molecule has 0 spiro atoms. The summed E-state index contributed by atoms with van der Waals surface area (Å²) in [6, 6.07) is 6.87. The van der Waals surface area contributed by atoms with Gasteiger partial charge in [-0.3, -0.25) is 0 Å². The molecule has 0 aromatic heterocycles. The summed E-state index contributed by atoms with van der Waals surface area (Å²) in [5.41, 5.74) is 2.48. The van der Waals surface area contributed by atoms with E-state index >= 15 is 0 Å². The summed E-state index contributed by atoms with van der Waals surface area (Å²) >= 11 is 6.49. The van der Waals surface area contributed by atoms with Crippen molar-refractivity contribution >= 4 is 17.3 Å². The van der Waals surface area contributed by atoms with Gasteiger partial charge in [0, 0.05) is 29.8 Å². The minimum Gasteiger partial charge on any atom is -0.371 e. The zero-order valence-electron chi connectivity index (χ0n) is 13.0. The molecule has 0 amide bonds. The molecule has 0 saturated carbocycles.